The molecule has 0 radical (unpaired) electrons. The molecule has 0 atom stereocenters. The van der Waals surface area contributed by atoms with Crippen LogP contribution < -0.4 is 15.4 Å². The van der Waals surface area contributed by atoms with E-state index < -0.39 is 5.41 Å². The molecular formula is C18H23N3O3S. The SMILES string of the molecule is COc1ncccc1CNC(=O)c1sc(NC(=O)C(C)(C)C)cc1C. The van der Waals surface area contributed by atoms with Gasteiger partial charge >= 0.3 is 0 Å². The molecule has 0 aliphatic rings. The number of ether oxygens (including phenoxy) is 1. The van der Waals surface area contributed by atoms with Gasteiger partial charge in [0.2, 0.25) is 11.8 Å². The Morgan fingerprint density at radius 1 is 1.32 bits per heavy atom. The zero-order chi connectivity index (χ0) is 18.6. The van der Waals surface area contributed by atoms with Gasteiger partial charge in [-0.05, 0) is 24.6 Å². The number of methoxy groups -OCH3 is 1. The largest absolute Gasteiger partial charge is 0.481 e. The molecule has 2 amide bonds. The summed E-state index contributed by atoms with van der Waals surface area (Å²) in [5, 5.41) is 6.39. The number of pyridine rings is 1. The number of carbonyl (C=O) groups is 2. The Morgan fingerprint density at radius 3 is 2.68 bits per heavy atom. The maximum absolute atomic E-state index is 12.5. The molecule has 0 aliphatic carbocycles. The molecule has 2 N–H and O–H groups in total. The van der Waals surface area contributed by atoms with E-state index in [9.17, 15) is 9.59 Å². The van der Waals surface area contributed by atoms with Crippen LogP contribution in [0, 0.1) is 12.3 Å². The van der Waals surface area contributed by atoms with Gasteiger partial charge in [-0.3, -0.25) is 9.59 Å². The average molecular weight is 361 g/mol. The molecule has 2 rings (SSSR count). The number of nitrogens with one attached hydrogen (secondary N) is 2. The van der Waals surface area contributed by atoms with Gasteiger partial charge < -0.3 is 15.4 Å². The second kappa shape index (κ2) is 7.65. The summed E-state index contributed by atoms with van der Waals surface area (Å²) in [5.74, 6) is 0.217. The van der Waals surface area contributed by atoms with E-state index in [0.29, 0.717) is 22.3 Å². The summed E-state index contributed by atoms with van der Waals surface area (Å²) in [6, 6.07) is 5.46. The van der Waals surface area contributed by atoms with E-state index in [1.165, 1.54) is 11.3 Å². The monoisotopic (exact) mass is 361 g/mol. The summed E-state index contributed by atoms with van der Waals surface area (Å²) in [7, 11) is 1.54. The summed E-state index contributed by atoms with van der Waals surface area (Å²) in [4.78, 5) is 29.2. The summed E-state index contributed by atoms with van der Waals surface area (Å²) in [6.45, 7) is 7.70. The van der Waals surface area contributed by atoms with Crippen LogP contribution in [-0.4, -0.2) is 23.9 Å². The number of carbonyl (C=O) groups excluding carboxylic acids is 2. The van der Waals surface area contributed by atoms with Crippen LogP contribution in [0.1, 0.15) is 41.6 Å². The molecular weight excluding hydrogens is 338 g/mol. The standard InChI is InChI=1S/C18H23N3O3S/c1-11-9-13(21-17(23)18(2,3)4)25-14(11)15(22)20-10-12-7-6-8-19-16(12)24-5/h6-9H,10H2,1-5H3,(H,20,22)(H,21,23). The number of hydrogen-bond acceptors (Lipinski definition) is 5. The minimum Gasteiger partial charge on any atom is -0.481 e. The highest BCUT2D eigenvalue weighted by Gasteiger charge is 2.23. The van der Waals surface area contributed by atoms with E-state index in [-0.39, 0.29) is 11.8 Å². The molecule has 2 aromatic heterocycles. The van der Waals surface area contributed by atoms with Gasteiger partial charge in [-0.25, -0.2) is 4.98 Å². The summed E-state index contributed by atoms with van der Waals surface area (Å²) < 4.78 is 5.18. The van der Waals surface area contributed by atoms with Crippen molar-refractivity contribution < 1.29 is 14.3 Å². The maximum atomic E-state index is 12.5. The number of amides is 2. The van der Waals surface area contributed by atoms with Crippen molar-refractivity contribution in [2.45, 2.75) is 34.2 Å². The molecule has 0 spiro atoms. The van der Waals surface area contributed by atoms with Crippen LogP contribution in [0.4, 0.5) is 5.00 Å². The second-order valence-corrected chi connectivity index (χ2v) is 7.73. The van der Waals surface area contributed by atoms with Crippen LogP contribution in [0.15, 0.2) is 24.4 Å². The molecule has 0 aliphatic heterocycles. The maximum Gasteiger partial charge on any atom is 0.261 e. The third-order valence-corrected chi connectivity index (χ3v) is 4.68. The predicted molar refractivity (Wildman–Crippen MR) is 99.1 cm³/mol. The molecule has 134 valence electrons. The van der Waals surface area contributed by atoms with Crippen LogP contribution in [0.25, 0.3) is 0 Å². The Bertz CT molecular complexity index is 778. The Kier molecular flexibility index (Phi) is 5.79. The molecule has 25 heavy (non-hydrogen) atoms. The van der Waals surface area contributed by atoms with E-state index in [2.05, 4.69) is 15.6 Å². The fourth-order valence-electron chi connectivity index (χ4n) is 2.07. The summed E-state index contributed by atoms with van der Waals surface area (Å²) in [6.07, 6.45) is 1.64. The first-order chi connectivity index (χ1) is 11.7. The van der Waals surface area contributed by atoms with Gasteiger partial charge in [0.1, 0.15) is 0 Å². The van der Waals surface area contributed by atoms with Crippen molar-refractivity contribution in [1.82, 2.24) is 10.3 Å². The molecule has 0 unspecified atom stereocenters. The van der Waals surface area contributed by atoms with Crippen LogP contribution in [0.2, 0.25) is 0 Å². The minimum absolute atomic E-state index is 0.0826. The van der Waals surface area contributed by atoms with Crippen molar-refractivity contribution in [2.75, 3.05) is 12.4 Å². The zero-order valence-corrected chi connectivity index (χ0v) is 15.9. The third kappa shape index (κ3) is 4.79. The highest BCUT2D eigenvalue weighted by atomic mass is 32.1. The topological polar surface area (TPSA) is 80.3 Å². The van der Waals surface area contributed by atoms with Crippen molar-refractivity contribution in [1.29, 1.82) is 0 Å². The van der Waals surface area contributed by atoms with Crippen LogP contribution >= 0.6 is 11.3 Å². The fraction of sp³-hybridized carbons (Fsp3) is 0.389. The van der Waals surface area contributed by atoms with Crippen molar-refractivity contribution in [3.8, 4) is 5.88 Å². The molecule has 2 aromatic rings. The first kappa shape index (κ1) is 18.9. The zero-order valence-electron chi connectivity index (χ0n) is 15.1. The number of aromatic nitrogens is 1. The lowest BCUT2D eigenvalue weighted by Crippen LogP contribution is -2.27. The molecule has 7 heteroatoms. The van der Waals surface area contributed by atoms with Crippen molar-refractivity contribution in [3.63, 3.8) is 0 Å². The predicted octanol–water partition coefficient (Wildman–Crippen LogP) is 3.37. The van der Waals surface area contributed by atoms with Crippen molar-refractivity contribution in [2.24, 2.45) is 5.41 Å². The third-order valence-electron chi connectivity index (χ3n) is 3.52. The van der Waals surface area contributed by atoms with Crippen LogP contribution in [0.5, 0.6) is 5.88 Å². The first-order valence-corrected chi connectivity index (χ1v) is 8.72. The number of nitrogens with zero attached hydrogens (tertiary/aromatic N) is 1. The Morgan fingerprint density at radius 2 is 2.04 bits per heavy atom. The van der Waals surface area contributed by atoms with Gasteiger partial charge in [0, 0.05) is 23.7 Å². The number of thiophene rings is 1. The summed E-state index contributed by atoms with van der Waals surface area (Å²) in [5.41, 5.74) is 1.13. The first-order valence-electron chi connectivity index (χ1n) is 7.90. The Hall–Kier alpha value is -2.41. The quantitative estimate of drug-likeness (QED) is 0.855. The molecule has 0 saturated carbocycles. The molecule has 0 aromatic carbocycles. The van der Waals surface area contributed by atoms with Gasteiger partial charge in [-0.1, -0.05) is 26.8 Å². The fourth-order valence-corrected chi connectivity index (χ4v) is 3.05. The second-order valence-electron chi connectivity index (χ2n) is 6.68. The highest BCUT2D eigenvalue weighted by Crippen LogP contribution is 2.28. The van der Waals surface area contributed by atoms with Crippen LogP contribution in [0.3, 0.4) is 0 Å². The van der Waals surface area contributed by atoms with Gasteiger partial charge in [0.15, 0.2) is 0 Å². The van der Waals surface area contributed by atoms with Gasteiger partial charge in [0.05, 0.1) is 17.0 Å². The Balaban J connectivity index is 2.06. The lowest BCUT2D eigenvalue weighted by Gasteiger charge is -2.16. The van der Waals surface area contributed by atoms with Crippen molar-refractivity contribution >= 4 is 28.2 Å². The molecule has 0 saturated heterocycles. The van der Waals surface area contributed by atoms with E-state index in [1.807, 2.05) is 39.8 Å². The molecule has 0 bridgehead atoms. The van der Waals surface area contributed by atoms with Crippen LogP contribution in [-0.2, 0) is 11.3 Å². The van der Waals surface area contributed by atoms with E-state index in [0.717, 1.165) is 11.1 Å². The number of hydrogen-bond donors (Lipinski definition) is 2. The van der Waals surface area contributed by atoms with Gasteiger partial charge in [-0.15, -0.1) is 11.3 Å². The average Bonchev–Trinajstić information content (AvgIpc) is 2.92. The van der Waals surface area contributed by atoms with Crippen molar-refractivity contribution in [3.05, 3.63) is 40.4 Å². The minimum atomic E-state index is -0.489. The molecule has 2 heterocycles. The smallest absolute Gasteiger partial charge is 0.261 e. The van der Waals surface area contributed by atoms with Gasteiger partial charge in [0.25, 0.3) is 5.91 Å². The molecule has 0 fully saturated rings. The lowest BCUT2D eigenvalue weighted by molar-refractivity contribution is -0.123. The number of anilines is 1. The normalized spacial score (nSPS) is 11.1. The van der Waals surface area contributed by atoms with Gasteiger partial charge in [-0.2, -0.15) is 0 Å². The van der Waals surface area contributed by atoms with E-state index >= 15 is 0 Å². The number of rotatable bonds is 5. The highest BCUT2D eigenvalue weighted by molar-refractivity contribution is 7.18. The van der Waals surface area contributed by atoms with E-state index in [1.54, 1.807) is 19.4 Å². The Labute approximate surface area is 151 Å². The lowest BCUT2D eigenvalue weighted by atomic mass is 9.96. The van der Waals surface area contributed by atoms with E-state index in [4.69, 9.17) is 4.74 Å². The summed E-state index contributed by atoms with van der Waals surface area (Å²) >= 11 is 1.27. The molecule has 6 nitrogen and oxygen atoms in total. The number of aryl methyl sites for hydroxylation is 1.